The van der Waals surface area contributed by atoms with Crippen LogP contribution in [0.15, 0.2) is 72.8 Å². The lowest BCUT2D eigenvalue weighted by Gasteiger charge is -2.43. The van der Waals surface area contributed by atoms with E-state index in [1.54, 1.807) is 0 Å². The normalized spacial score (nSPS) is 12.6. The van der Waals surface area contributed by atoms with Crippen molar-refractivity contribution in [1.82, 2.24) is 0 Å². The zero-order valence-corrected chi connectivity index (χ0v) is 18.0. The molecule has 146 valence electrons. The minimum absolute atomic E-state index is 0.0412. The molecule has 0 aromatic heterocycles. The van der Waals surface area contributed by atoms with E-state index in [0.29, 0.717) is 0 Å². The molecule has 0 amide bonds. The third-order valence-corrected chi connectivity index (χ3v) is 10.1. The molecule has 0 aliphatic heterocycles. The van der Waals surface area contributed by atoms with Crippen molar-refractivity contribution >= 4 is 18.7 Å². The second-order valence-electron chi connectivity index (χ2n) is 8.02. The minimum atomic E-state index is -2.38. The van der Waals surface area contributed by atoms with Crippen LogP contribution in [0, 0.1) is 0 Å². The summed E-state index contributed by atoms with van der Waals surface area (Å²) in [6.45, 7) is 7.88. The van der Waals surface area contributed by atoms with Crippen molar-refractivity contribution in [3.63, 3.8) is 0 Å². The maximum atomic E-state index is 8.79. The number of rotatable bonds is 10. The Morgan fingerprint density at radius 3 is 1.85 bits per heavy atom. The Morgan fingerprint density at radius 1 is 0.815 bits per heavy atom. The number of unbranched alkanes of at least 4 members (excludes halogenated alkanes) is 3. The molecule has 0 unspecified atom stereocenters. The fourth-order valence-electron chi connectivity index (χ4n) is 3.72. The molecule has 2 rings (SSSR count). The van der Waals surface area contributed by atoms with Gasteiger partial charge in [-0.05, 0) is 34.7 Å². The molecule has 2 aromatic rings. The van der Waals surface area contributed by atoms with Gasteiger partial charge in [0.05, 0.1) is 6.61 Å². The Balaban J connectivity index is 2.19. The minimum Gasteiger partial charge on any atom is -0.407 e. The summed E-state index contributed by atoms with van der Waals surface area (Å²) in [5.41, 5.74) is 0. The topological polar surface area (TPSA) is 29.5 Å². The van der Waals surface area contributed by atoms with E-state index < -0.39 is 8.32 Å². The van der Waals surface area contributed by atoms with Crippen molar-refractivity contribution in [1.29, 1.82) is 0 Å². The third-order valence-electron chi connectivity index (χ3n) is 5.02. The Hall–Kier alpha value is -1.68. The van der Waals surface area contributed by atoms with Crippen LogP contribution in [-0.2, 0) is 4.43 Å². The van der Waals surface area contributed by atoms with E-state index in [2.05, 4.69) is 87.5 Å². The van der Waals surface area contributed by atoms with Crippen LogP contribution >= 0.6 is 0 Å². The van der Waals surface area contributed by atoms with Crippen LogP contribution < -0.4 is 10.4 Å². The zero-order valence-electron chi connectivity index (χ0n) is 17.0. The van der Waals surface area contributed by atoms with Crippen LogP contribution in [0.25, 0.3) is 0 Å². The molecular formula is C24H34O2Si. The van der Waals surface area contributed by atoms with Gasteiger partial charge in [0, 0.05) is 6.61 Å². The maximum absolute atomic E-state index is 8.79. The van der Waals surface area contributed by atoms with Gasteiger partial charge in [0.2, 0.25) is 0 Å². The molecule has 0 saturated heterocycles. The first-order valence-electron chi connectivity index (χ1n) is 10.0. The van der Waals surface area contributed by atoms with Gasteiger partial charge in [-0.15, -0.1) is 0 Å². The van der Waals surface area contributed by atoms with Gasteiger partial charge >= 0.3 is 0 Å². The van der Waals surface area contributed by atoms with Gasteiger partial charge in [-0.2, -0.15) is 0 Å². The molecule has 2 nitrogen and oxygen atoms in total. The van der Waals surface area contributed by atoms with Crippen molar-refractivity contribution < 1.29 is 9.53 Å². The average molecular weight is 383 g/mol. The van der Waals surface area contributed by atoms with Crippen LogP contribution in [0.1, 0.15) is 46.5 Å². The summed E-state index contributed by atoms with van der Waals surface area (Å²) in [5, 5.41) is 11.5. The van der Waals surface area contributed by atoms with Gasteiger partial charge in [-0.25, -0.2) is 0 Å². The Labute approximate surface area is 166 Å². The Morgan fingerprint density at radius 2 is 1.37 bits per heavy atom. The molecule has 0 bridgehead atoms. The van der Waals surface area contributed by atoms with Gasteiger partial charge < -0.3 is 9.53 Å². The summed E-state index contributed by atoms with van der Waals surface area (Å²) in [6.07, 6.45) is 8.26. The van der Waals surface area contributed by atoms with E-state index in [-0.39, 0.29) is 11.6 Å². The highest BCUT2D eigenvalue weighted by molar-refractivity contribution is 6.99. The summed E-state index contributed by atoms with van der Waals surface area (Å²) >= 11 is 0. The number of aliphatic hydroxyl groups excluding tert-OH is 1. The summed E-state index contributed by atoms with van der Waals surface area (Å²) in [7, 11) is -2.38. The quantitative estimate of drug-likeness (QED) is 0.367. The number of hydrogen-bond donors (Lipinski definition) is 1. The van der Waals surface area contributed by atoms with Crippen LogP contribution in [0.4, 0.5) is 0 Å². The summed E-state index contributed by atoms with van der Waals surface area (Å²) in [4.78, 5) is 0. The van der Waals surface area contributed by atoms with E-state index in [4.69, 9.17) is 9.53 Å². The molecule has 0 atom stereocenters. The average Bonchev–Trinajstić information content (AvgIpc) is 2.67. The Kier molecular flexibility index (Phi) is 8.49. The van der Waals surface area contributed by atoms with Gasteiger partial charge in [-0.1, -0.05) is 100 Å². The molecule has 0 fully saturated rings. The number of benzene rings is 2. The molecule has 27 heavy (non-hydrogen) atoms. The number of hydrogen-bond acceptors (Lipinski definition) is 2. The summed E-state index contributed by atoms with van der Waals surface area (Å²) in [5.74, 6) is 0. The first-order chi connectivity index (χ1) is 13.0. The van der Waals surface area contributed by atoms with Crippen LogP contribution in [0.2, 0.25) is 5.04 Å². The highest BCUT2D eigenvalue weighted by atomic mass is 28.4. The molecular weight excluding hydrogens is 348 g/mol. The Bertz CT molecular complexity index is 635. The van der Waals surface area contributed by atoms with Crippen molar-refractivity contribution in [2.24, 2.45) is 0 Å². The SMILES string of the molecule is CC(C)(C)[Si](OCCCCC/C=C/CO)(c1ccccc1)c1ccccc1. The first-order valence-corrected chi connectivity index (χ1v) is 11.9. The molecule has 0 radical (unpaired) electrons. The summed E-state index contributed by atoms with van der Waals surface area (Å²) in [6, 6.07) is 21.6. The second-order valence-corrected chi connectivity index (χ2v) is 12.3. The van der Waals surface area contributed by atoms with Crippen molar-refractivity contribution in [2.45, 2.75) is 51.5 Å². The largest absolute Gasteiger partial charge is 0.407 e. The molecule has 0 spiro atoms. The molecule has 2 aromatic carbocycles. The van der Waals surface area contributed by atoms with E-state index in [1.807, 2.05) is 6.08 Å². The highest BCUT2D eigenvalue weighted by Crippen LogP contribution is 2.36. The van der Waals surface area contributed by atoms with E-state index in [9.17, 15) is 0 Å². The lowest BCUT2D eigenvalue weighted by molar-refractivity contribution is 0.287. The predicted molar refractivity (Wildman–Crippen MR) is 118 cm³/mol. The molecule has 3 heteroatoms. The smallest absolute Gasteiger partial charge is 0.261 e. The molecule has 0 heterocycles. The highest BCUT2D eigenvalue weighted by Gasteiger charge is 2.49. The van der Waals surface area contributed by atoms with Crippen LogP contribution in [0.3, 0.4) is 0 Å². The van der Waals surface area contributed by atoms with Gasteiger partial charge in [0.25, 0.3) is 8.32 Å². The van der Waals surface area contributed by atoms with E-state index in [0.717, 1.165) is 32.3 Å². The van der Waals surface area contributed by atoms with Gasteiger partial charge in [-0.3, -0.25) is 0 Å². The standard InChI is InChI=1S/C24H34O2Si/c1-24(2,3)27(22-16-10-8-11-17-22,23-18-12-9-13-19-23)26-21-15-7-5-4-6-14-20-25/h6,8-14,16-19,25H,4-5,7,15,20-21H2,1-3H3/b14-6+. The molecule has 1 N–H and O–H groups in total. The van der Waals surface area contributed by atoms with Crippen LogP contribution in [0.5, 0.6) is 0 Å². The fraction of sp³-hybridized carbons (Fsp3) is 0.417. The van der Waals surface area contributed by atoms with Gasteiger partial charge in [0.15, 0.2) is 0 Å². The molecule has 0 saturated carbocycles. The van der Waals surface area contributed by atoms with Crippen LogP contribution in [-0.4, -0.2) is 26.6 Å². The fourth-order valence-corrected chi connectivity index (χ4v) is 8.33. The number of aliphatic hydroxyl groups is 1. The second kappa shape index (κ2) is 10.6. The van der Waals surface area contributed by atoms with Crippen molar-refractivity contribution in [2.75, 3.05) is 13.2 Å². The van der Waals surface area contributed by atoms with Gasteiger partial charge in [0.1, 0.15) is 0 Å². The first kappa shape index (κ1) is 21.6. The predicted octanol–water partition coefficient (Wildman–Crippen LogP) is 4.67. The number of allylic oxidation sites excluding steroid dienone is 1. The lowest BCUT2D eigenvalue weighted by atomic mass is 10.2. The monoisotopic (exact) mass is 382 g/mol. The molecule has 0 aliphatic rings. The lowest BCUT2D eigenvalue weighted by Crippen LogP contribution is -2.66. The summed E-state index contributed by atoms with van der Waals surface area (Å²) < 4.78 is 6.87. The van der Waals surface area contributed by atoms with E-state index in [1.165, 1.54) is 10.4 Å². The third kappa shape index (κ3) is 5.65. The van der Waals surface area contributed by atoms with Crippen molar-refractivity contribution in [3.05, 3.63) is 72.8 Å². The molecule has 0 aliphatic carbocycles. The maximum Gasteiger partial charge on any atom is 0.261 e. The van der Waals surface area contributed by atoms with Crippen molar-refractivity contribution in [3.8, 4) is 0 Å². The van der Waals surface area contributed by atoms with E-state index >= 15 is 0 Å². The zero-order chi connectivity index (χ0) is 19.6.